The van der Waals surface area contributed by atoms with Crippen molar-refractivity contribution >= 4 is 23.4 Å². The minimum atomic E-state index is -1.31. The lowest BCUT2D eigenvalue weighted by atomic mass is 9.91. The van der Waals surface area contributed by atoms with Crippen LogP contribution in [0.4, 0.5) is 0 Å². The van der Waals surface area contributed by atoms with E-state index in [1.54, 1.807) is 42.1 Å². The summed E-state index contributed by atoms with van der Waals surface area (Å²) in [5.41, 5.74) is 5.69. The maximum atomic E-state index is 12.2. The van der Waals surface area contributed by atoms with E-state index in [1.165, 1.54) is 0 Å². The predicted octanol–water partition coefficient (Wildman–Crippen LogP) is 1.52. The average molecular weight is 335 g/mol. The van der Waals surface area contributed by atoms with Crippen LogP contribution >= 0.6 is 11.6 Å². The summed E-state index contributed by atoms with van der Waals surface area (Å²) < 4.78 is 1.67. The second-order valence-corrected chi connectivity index (χ2v) is 6.01. The van der Waals surface area contributed by atoms with Crippen LogP contribution in [-0.4, -0.2) is 21.6 Å². The molecule has 122 valence electrons. The number of halogens is 1. The molecule has 6 nitrogen and oxygen atoms in total. The number of rotatable bonds is 6. The number of aromatic nitrogens is 2. The first-order valence-corrected chi connectivity index (χ1v) is 7.53. The number of nitrogens with one attached hydrogen (secondary N) is 1. The van der Waals surface area contributed by atoms with E-state index in [2.05, 4.69) is 10.4 Å². The van der Waals surface area contributed by atoms with E-state index in [0.29, 0.717) is 17.0 Å². The molecule has 2 amide bonds. The van der Waals surface area contributed by atoms with Crippen LogP contribution in [0, 0.1) is 0 Å². The first-order valence-electron chi connectivity index (χ1n) is 7.16. The fraction of sp³-hybridized carbons (Fsp3) is 0.312. The number of primary amides is 1. The van der Waals surface area contributed by atoms with E-state index < -0.39 is 11.4 Å². The summed E-state index contributed by atoms with van der Waals surface area (Å²) in [6.07, 6.45) is 4.31. The third kappa shape index (κ3) is 4.10. The van der Waals surface area contributed by atoms with Gasteiger partial charge in [0.05, 0.1) is 6.20 Å². The monoisotopic (exact) mass is 334 g/mol. The maximum Gasteiger partial charge on any atom is 0.247 e. The molecule has 0 aliphatic heterocycles. The van der Waals surface area contributed by atoms with Gasteiger partial charge in [0.2, 0.25) is 11.8 Å². The Morgan fingerprint density at radius 2 is 2.17 bits per heavy atom. The van der Waals surface area contributed by atoms with Crippen molar-refractivity contribution in [2.24, 2.45) is 12.8 Å². The lowest BCUT2D eigenvalue weighted by molar-refractivity contribution is -0.131. The number of aryl methyl sites for hydroxylation is 2. The standard InChI is InChI=1S/C16H19ClN4O2/c1-16(15(18)23,12-4-3-5-13(17)8-12)20-14(22)7-6-11-9-19-21(2)10-11/h3-5,8-10H,6-7H2,1-2H3,(H2,18,23)(H,20,22). The van der Waals surface area contributed by atoms with Gasteiger partial charge in [-0.15, -0.1) is 0 Å². The molecule has 23 heavy (non-hydrogen) atoms. The molecule has 0 saturated carbocycles. The maximum absolute atomic E-state index is 12.2. The lowest BCUT2D eigenvalue weighted by Crippen LogP contribution is -2.52. The van der Waals surface area contributed by atoms with E-state index >= 15 is 0 Å². The Bertz CT molecular complexity index is 728. The highest BCUT2D eigenvalue weighted by Gasteiger charge is 2.34. The van der Waals surface area contributed by atoms with Gasteiger partial charge in [-0.3, -0.25) is 14.3 Å². The zero-order valence-corrected chi connectivity index (χ0v) is 13.8. The Hall–Kier alpha value is -2.34. The molecule has 3 N–H and O–H groups in total. The van der Waals surface area contributed by atoms with Crippen LogP contribution in [0.5, 0.6) is 0 Å². The van der Waals surface area contributed by atoms with E-state index in [-0.39, 0.29) is 12.3 Å². The van der Waals surface area contributed by atoms with Crippen molar-refractivity contribution in [1.29, 1.82) is 0 Å². The Kier molecular flexibility index (Phi) is 5.05. The predicted molar refractivity (Wildman–Crippen MR) is 87.7 cm³/mol. The molecule has 1 aromatic heterocycles. The van der Waals surface area contributed by atoms with Crippen molar-refractivity contribution < 1.29 is 9.59 Å². The van der Waals surface area contributed by atoms with Crippen LogP contribution in [0.3, 0.4) is 0 Å². The third-order valence-electron chi connectivity index (χ3n) is 3.68. The fourth-order valence-corrected chi connectivity index (χ4v) is 2.47. The van der Waals surface area contributed by atoms with Crippen LogP contribution < -0.4 is 11.1 Å². The molecule has 1 atom stereocenters. The number of carbonyl (C=O) groups is 2. The largest absolute Gasteiger partial charge is 0.367 e. The number of amides is 2. The first-order chi connectivity index (χ1) is 10.8. The second-order valence-electron chi connectivity index (χ2n) is 5.57. The van der Waals surface area contributed by atoms with Crippen LogP contribution in [0.25, 0.3) is 0 Å². The van der Waals surface area contributed by atoms with Gasteiger partial charge in [-0.1, -0.05) is 23.7 Å². The average Bonchev–Trinajstić information content (AvgIpc) is 2.90. The summed E-state index contributed by atoms with van der Waals surface area (Å²) in [6, 6.07) is 6.73. The van der Waals surface area contributed by atoms with Crippen molar-refractivity contribution in [2.75, 3.05) is 0 Å². The van der Waals surface area contributed by atoms with E-state index in [9.17, 15) is 9.59 Å². The Labute approximate surface area is 139 Å². The highest BCUT2D eigenvalue weighted by Crippen LogP contribution is 2.23. The topological polar surface area (TPSA) is 90.0 Å². The van der Waals surface area contributed by atoms with Crippen molar-refractivity contribution in [1.82, 2.24) is 15.1 Å². The summed E-state index contributed by atoms with van der Waals surface area (Å²) in [4.78, 5) is 24.1. The van der Waals surface area contributed by atoms with Crippen molar-refractivity contribution in [3.05, 3.63) is 52.8 Å². The molecule has 0 saturated heterocycles. The second kappa shape index (κ2) is 6.83. The van der Waals surface area contributed by atoms with Gasteiger partial charge >= 0.3 is 0 Å². The minimum Gasteiger partial charge on any atom is -0.367 e. The Morgan fingerprint density at radius 1 is 1.43 bits per heavy atom. The van der Waals surface area contributed by atoms with Gasteiger partial charge in [-0.05, 0) is 36.6 Å². The van der Waals surface area contributed by atoms with Gasteiger partial charge in [0.1, 0.15) is 5.54 Å². The number of carbonyl (C=O) groups excluding carboxylic acids is 2. The van der Waals surface area contributed by atoms with Crippen molar-refractivity contribution in [2.45, 2.75) is 25.3 Å². The summed E-state index contributed by atoms with van der Waals surface area (Å²) in [5, 5.41) is 7.24. The molecule has 2 rings (SSSR count). The van der Waals surface area contributed by atoms with Crippen LogP contribution in [0.15, 0.2) is 36.7 Å². The van der Waals surface area contributed by atoms with Gasteiger partial charge in [0.15, 0.2) is 0 Å². The molecule has 1 aromatic carbocycles. The summed E-state index contributed by atoms with van der Waals surface area (Å²) in [6.45, 7) is 1.57. The highest BCUT2D eigenvalue weighted by atomic mass is 35.5. The third-order valence-corrected chi connectivity index (χ3v) is 3.92. The number of nitrogens with two attached hydrogens (primary N) is 1. The van der Waals surface area contributed by atoms with Crippen molar-refractivity contribution in [3.8, 4) is 0 Å². The summed E-state index contributed by atoms with van der Waals surface area (Å²) in [5.74, 6) is -0.912. The number of hydrogen-bond donors (Lipinski definition) is 2. The van der Waals surface area contributed by atoms with Gasteiger partial charge in [0, 0.05) is 24.7 Å². The normalized spacial score (nSPS) is 13.3. The molecule has 0 aliphatic rings. The van der Waals surface area contributed by atoms with E-state index in [4.69, 9.17) is 17.3 Å². The molecular weight excluding hydrogens is 316 g/mol. The number of nitrogens with zero attached hydrogens (tertiary/aromatic N) is 2. The van der Waals surface area contributed by atoms with Crippen LogP contribution in [0.2, 0.25) is 5.02 Å². The molecule has 2 aromatic rings. The SMILES string of the molecule is Cn1cc(CCC(=O)NC(C)(C(N)=O)c2cccc(Cl)c2)cn1. The molecule has 1 unspecified atom stereocenters. The van der Waals surface area contributed by atoms with Gasteiger partial charge in [0.25, 0.3) is 0 Å². The van der Waals surface area contributed by atoms with Crippen LogP contribution in [0.1, 0.15) is 24.5 Å². The number of benzene rings is 1. The first kappa shape index (κ1) is 17.0. The molecule has 0 aliphatic carbocycles. The number of hydrogen-bond acceptors (Lipinski definition) is 3. The molecule has 0 bridgehead atoms. The molecule has 0 fully saturated rings. The van der Waals surface area contributed by atoms with Crippen molar-refractivity contribution in [3.63, 3.8) is 0 Å². The molecule has 1 heterocycles. The summed E-state index contributed by atoms with van der Waals surface area (Å²) in [7, 11) is 1.81. The summed E-state index contributed by atoms with van der Waals surface area (Å²) >= 11 is 5.96. The highest BCUT2D eigenvalue weighted by molar-refractivity contribution is 6.30. The quantitative estimate of drug-likeness (QED) is 0.839. The fourth-order valence-electron chi connectivity index (χ4n) is 2.28. The Balaban J connectivity index is 2.09. The molecule has 0 spiro atoms. The smallest absolute Gasteiger partial charge is 0.247 e. The van der Waals surface area contributed by atoms with Gasteiger partial charge in [-0.2, -0.15) is 5.10 Å². The Morgan fingerprint density at radius 3 is 2.74 bits per heavy atom. The van der Waals surface area contributed by atoms with Gasteiger partial charge < -0.3 is 11.1 Å². The van der Waals surface area contributed by atoms with E-state index in [1.807, 2.05) is 13.2 Å². The zero-order chi connectivity index (χ0) is 17.0. The molecule has 7 heteroatoms. The molecule has 0 radical (unpaired) electrons. The lowest BCUT2D eigenvalue weighted by Gasteiger charge is -2.28. The van der Waals surface area contributed by atoms with E-state index in [0.717, 1.165) is 5.56 Å². The van der Waals surface area contributed by atoms with Crippen LogP contribution in [-0.2, 0) is 28.6 Å². The molecular formula is C16H19ClN4O2. The minimum absolute atomic E-state index is 0.231. The zero-order valence-electron chi connectivity index (χ0n) is 13.0. The van der Waals surface area contributed by atoms with Gasteiger partial charge in [-0.25, -0.2) is 0 Å².